The summed E-state index contributed by atoms with van der Waals surface area (Å²) in [6, 6.07) is 14.6. The zero-order valence-corrected chi connectivity index (χ0v) is 18.2. The number of morpholine rings is 1. The number of amides is 1. The lowest BCUT2D eigenvalue weighted by Crippen LogP contribution is -2.51. The largest absolute Gasteiger partial charge is 0.378 e. The van der Waals surface area contributed by atoms with Crippen molar-refractivity contribution < 1.29 is 17.9 Å². The van der Waals surface area contributed by atoms with Crippen molar-refractivity contribution in [2.75, 3.05) is 39.4 Å². The number of rotatable bonds is 5. The molecule has 2 N–H and O–H groups in total. The molecule has 2 aliphatic heterocycles. The van der Waals surface area contributed by atoms with Gasteiger partial charge in [-0.25, -0.2) is 13.4 Å². The van der Waals surface area contributed by atoms with Crippen molar-refractivity contribution >= 4 is 15.9 Å². The number of sulfonamides is 1. The molecular weight excluding hydrogens is 416 g/mol. The molecular formula is C22H28N4O4S. The summed E-state index contributed by atoms with van der Waals surface area (Å²) in [4.78, 5) is 19.3. The zero-order chi connectivity index (χ0) is 21.8. The number of nitrogens with two attached hydrogens (primary N) is 1. The van der Waals surface area contributed by atoms with Crippen molar-refractivity contribution in [2.45, 2.75) is 23.9 Å². The topological polar surface area (TPSA) is 106 Å². The van der Waals surface area contributed by atoms with Gasteiger partial charge >= 0.3 is 0 Å². The van der Waals surface area contributed by atoms with Crippen molar-refractivity contribution in [3.05, 3.63) is 59.8 Å². The Bertz CT molecular complexity index is 1010. The summed E-state index contributed by atoms with van der Waals surface area (Å²) in [6.45, 7) is 2.73. The maximum absolute atomic E-state index is 13.5. The van der Waals surface area contributed by atoms with E-state index in [1.807, 2.05) is 30.3 Å². The lowest BCUT2D eigenvalue weighted by Gasteiger charge is -2.39. The normalized spacial score (nSPS) is 22.9. The second kappa shape index (κ2) is 9.44. The van der Waals surface area contributed by atoms with Crippen LogP contribution in [0, 0.1) is 5.92 Å². The van der Waals surface area contributed by atoms with E-state index in [-0.39, 0.29) is 29.9 Å². The number of hydrogen-bond acceptors (Lipinski definition) is 6. The van der Waals surface area contributed by atoms with E-state index < -0.39 is 15.9 Å². The number of hydrogen-bond donors (Lipinski definition) is 1. The van der Waals surface area contributed by atoms with Crippen LogP contribution in [0.4, 0.5) is 0 Å². The second-order valence-electron chi connectivity index (χ2n) is 7.97. The van der Waals surface area contributed by atoms with Gasteiger partial charge in [-0.2, -0.15) is 4.31 Å². The van der Waals surface area contributed by atoms with E-state index in [1.54, 1.807) is 17.0 Å². The smallest absolute Gasteiger partial charge is 0.260 e. The molecule has 3 heterocycles. The number of carbonyl (C=O) groups excluding carboxylic acids is 1. The molecule has 1 aromatic heterocycles. The van der Waals surface area contributed by atoms with Gasteiger partial charge in [-0.3, -0.25) is 4.79 Å². The second-order valence-corrected chi connectivity index (χ2v) is 9.86. The van der Waals surface area contributed by atoms with Crippen molar-refractivity contribution in [2.24, 2.45) is 11.7 Å². The highest BCUT2D eigenvalue weighted by molar-refractivity contribution is 7.89. The van der Waals surface area contributed by atoms with Crippen LogP contribution in [0.15, 0.2) is 53.6 Å². The molecule has 0 spiro atoms. The van der Waals surface area contributed by atoms with E-state index in [2.05, 4.69) is 4.98 Å². The molecule has 166 valence electrons. The summed E-state index contributed by atoms with van der Waals surface area (Å²) in [5, 5.41) is -0.0262. The van der Waals surface area contributed by atoms with Gasteiger partial charge in [0.05, 0.1) is 24.8 Å². The Morgan fingerprint density at radius 2 is 1.81 bits per heavy atom. The summed E-state index contributed by atoms with van der Waals surface area (Å²) < 4.78 is 33.7. The van der Waals surface area contributed by atoms with Crippen LogP contribution in [0.1, 0.15) is 23.6 Å². The number of piperidine rings is 1. The monoisotopic (exact) mass is 444 g/mol. The fourth-order valence-electron chi connectivity index (χ4n) is 4.29. The summed E-state index contributed by atoms with van der Waals surface area (Å²) in [6.07, 6.45) is 0.614. The van der Waals surface area contributed by atoms with E-state index in [4.69, 9.17) is 10.5 Å². The lowest BCUT2D eigenvalue weighted by atomic mass is 9.85. The Balaban J connectivity index is 1.64. The third-order valence-corrected chi connectivity index (χ3v) is 7.69. The van der Waals surface area contributed by atoms with Crippen molar-refractivity contribution in [1.29, 1.82) is 0 Å². The van der Waals surface area contributed by atoms with Crippen LogP contribution in [0.2, 0.25) is 0 Å². The number of carbonyl (C=O) groups is 1. The molecule has 0 bridgehead atoms. The van der Waals surface area contributed by atoms with Crippen molar-refractivity contribution in [3.63, 3.8) is 0 Å². The molecule has 2 saturated heterocycles. The quantitative estimate of drug-likeness (QED) is 0.743. The molecule has 8 nitrogen and oxygen atoms in total. The van der Waals surface area contributed by atoms with Gasteiger partial charge in [-0.1, -0.05) is 36.4 Å². The minimum Gasteiger partial charge on any atom is -0.378 e. The van der Waals surface area contributed by atoms with Crippen molar-refractivity contribution in [1.82, 2.24) is 14.2 Å². The van der Waals surface area contributed by atoms with Crippen LogP contribution in [-0.4, -0.2) is 67.9 Å². The molecule has 2 fully saturated rings. The fraction of sp³-hybridized carbons (Fsp3) is 0.455. The minimum absolute atomic E-state index is 0.00667. The first kappa shape index (κ1) is 21.9. The number of benzene rings is 1. The molecule has 0 aliphatic carbocycles. The molecule has 0 radical (unpaired) electrons. The lowest BCUT2D eigenvalue weighted by molar-refractivity contribution is -0.141. The first-order valence-electron chi connectivity index (χ1n) is 10.6. The first-order valence-corrected chi connectivity index (χ1v) is 12.0. The fourth-order valence-corrected chi connectivity index (χ4v) is 5.79. The maximum atomic E-state index is 13.5. The van der Waals surface area contributed by atoms with Crippen LogP contribution < -0.4 is 5.73 Å². The van der Waals surface area contributed by atoms with Gasteiger partial charge in [0.2, 0.25) is 5.91 Å². The molecule has 2 aliphatic rings. The Hall–Kier alpha value is -2.33. The molecule has 2 atom stereocenters. The SMILES string of the molecule is NCc1cccc(S(=O)(=O)N2C[C@@H](C(=O)N3CCOCC3)C[C@H](c3ccccc3)C2)n1. The number of pyridine rings is 1. The van der Waals surface area contributed by atoms with Crippen LogP contribution in [-0.2, 0) is 26.1 Å². The predicted octanol–water partition coefficient (Wildman–Crippen LogP) is 1.19. The Labute approximate surface area is 183 Å². The van der Waals surface area contributed by atoms with Gasteiger partial charge in [0, 0.05) is 32.7 Å². The van der Waals surface area contributed by atoms with Gasteiger partial charge in [0.1, 0.15) is 0 Å². The predicted molar refractivity (Wildman–Crippen MR) is 116 cm³/mol. The Morgan fingerprint density at radius 1 is 1.06 bits per heavy atom. The van der Waals surface area contributed by atoms with Crippen LogP contribution in [0.3, 0.4) is 0 Å². The summed E-state index contributed by atoms with van der Waals surface area (Å²) in [5.41, 5.74) is 7.20. The maximum Gasteiger partial charge on any atom is 0.260 e. The third kappa shape index (κ3) is 4.79. The molecule has 1 aromatic carbocycles. The first-order chi connectivity index (χ1) is 15.0. The van der Waals surface area contributed by atoms with Crippen LogP contribution in [0.5, 0.6) is 0 Å². The van der Waals surface area contributed by atoms with Gasteiger partial charge in [-0.15, -0.1) is 0 Å². The highest BCUT2D eigenvalue weighted by atomic mass is 32.2. The Kier molecular flexibility index (Phi) is 6.66. The summed E-state index contributed by atoms with van der Waals surface area (Å²) in [7, 11) is -3.86. The highest BCUT2D eigenvalue weighted by Crippen LogP contribution is 2.34. The standard InChI is InChI=1S/C22H28N4O4S/c23-14-20-7-4-8-21(24-20)31(28,29)26-15-18(17-5-2-1-3-6-17)13-19(16-26)22(27)25-9-11-30-12-10-25/h1-8,18-19H,9-16,23H2/t18-,19-/m0/s1. The molecule has 0 unspecified atom stereocenters. The minimum atomic E-state index is -3.86. The van der Waals surface area contributed by atoms with E-state index in [9.17, 15) is 13.2 Å². The summed E-state index contributed by atoms with van der Waals surface area (Å²) >= 11 is 0. The number of ether oxygens (including phenoxy) is 1. The van der Waals surface area contributed by atoms with E-state index in [0.29, 0.717) is 45.0 Å². The van der Waals surface area contributed by atoms with E-state index in [1.165, 1.54) is 10.4 Å². The average molecular weight is 445 g/mol. The molecule has 1 amide bonds. The molecule has 9 heteroatoms. The van der Waals surface area contributed by atoms with E-state index >= 15 is 0 Å². The average Bonchev–Trinajstić information content (AvgIpc) is 2.84. The van der Waals surface area contributed by atoms with Gasteiger partial charge < -0.3 is 15.4 Å². The van der Waals surface area contributed by atoms with Gasteiger partial charge in [0.15, 0.2) is 5.03 Å². The van der Waals surface area contributed by atoms with Gasteiger partial charge in [0.25, 0.3) is 10.0 Å². The molecule has 0 saturated carbocycles. The zero-order valence-electron chi connectivity index (χ0n) is 17.4. The third-order valence-electron chi connectivity index (χ3n) is 5.95. The van der Waals surface area contributed by atoms with E-state index in [0.717, 1.165) is 5.56 Å². The molecule has 31 heavy (non-hydrogen) atoms. The van der Waals surface area contributed by atoms with Crippen LogP contribution >= 0.6 is 0 Å². The number of nitrogens with zero attached hydrogens (tertiary/aromatic N) is 3. The molecule has 2 aromatic rings. The van der Waals surface area contributed by atoms with Crippen molar-refractivity contribution in [3.8, 4) is 0 Å². The van der Waals surface area contributed by atoms with Gasteiger partial charge in [-0.05, 0) is 30.0 Å². The van der Waals surface area contributed by atoms with Crippen LogP contribution in [0.25, 0.3) is 0 Å². The Morgan fingerprint density at radius 3 is 2.52 bits per heavy atom. The summed E-state index contributed by atoms with van der Waals surface area (Å²) in [5.74, 6) is -0.491. The molecule has 4 rings (SSSR count). The highest BCUT2D eigenvalue weighted by Gasteiger charge is 2.40. The number of aromatic nitrogens is 1.